The third-order valence-electron chi connectivity index (χ3n) is 3.11. The molecule has 0 amide bonds. The van der Waals surface area contributed by atoms with Crippen LogP contribution in [0.5, 0.6) is 0 Å². The number of hydrogen-bond donors (Lipinski definition) is 1. The third kappa shape index (κ3) is 2.01. The van der Waals surface area contributed by atoms with Gasteiger partial charge in [0.25, 0.3) is 0 Å². The number of hydrogen-bond acceptors (Lipinski definition) is 3. The minimum absolute atomic E-state index is 0.0699. The van der Waals surface area contributed by atoms with Crippen LogP contribution in [0.2, 0.25) is 0 Å². The van der Waals surface area contributed by atoms with Crippen LogP contribution in [0.4, 0.5) is 0 Å². The molecule has 0 fully saturated rings. The summed E-state index contributed by atoms with van der Waals surface area (Å²) in [6.07, 6.45) is 4.30. The molecule has 1 aromatic carbocycles. The molecule has 0 saturated heterocycles. The molecule has 1 heterocycles. The molecule has 1 atom stereocenters. The van der Waals surface area contributed by atoms with Gasteiger partial charge in [-0.15, -0.1) is 0 Å². The summed E-state index contributed by atoms with van der Waals surface area (Å²) in [5.41, 5.74) is 9.46. The van der Waals surface area contributed by atoms with E-state index in [1.165, 1.54) is 0 Å². The molecular weight excluding hydrogens is 224 g/mol. The Morgan fingerprint density at radius 1 is 1.50 bits per heavy atom. The summed E-state index contributed by atoms with van der Waals surface area (Å²) in [5, 5.41) is 9.27. The van der Waals surface area contributed by atoms with Gasteiger partial charge in [-0.05, 0) is 25.0 Å². The van der Waals surface area contributed by atoms with Crippen LogP contribution < -0.4 is 5.73 Å². The number of aromatic nitrogens is 2. The summed E-state index contributed by atoms with van der Waals surface area (Å²) in [6.45, 7) is 3.96. The minimum atomic E-state index is -0.0699. The fourth-order valence-electron chi connectivity index (χ4n) is 1.99. The SMILES string of the molecule is CC[C@@H](N)c1cncn1-c1cccc(C)c1C#N. The fraction of sp³-hybridized carbons (Fsp3) is 0.286. The van der Waals surface area contributed by atoms with Crippen LogP contribution >= 0.6 is 0 Å². The Labute approximate surface area is 107 Å². The van der Waals surface area contributed by atoms with Gasteiger partial charge in [0.2, 0.25) is 0 Å². The predicted molar refractivity (Wildman–Crippen MR) is 70.2 cm³/mol. The Balaban J connectivity index is 2.60. The van der Waals surface area contributed by atoms with Gasteiger partial charge in [-0.25, -0.2) is 4.98 Å². The van der Waals surface area contributed by atoms with Crippen LogP contribution in [-0.2, 0) is 0 Å². The zero-order valence-corrected chi connectivity index (χ0v) is 10.6. The van der Waals surface area contributed by atoms with Crippen molar-refractivity contribution in [2.24, 2.45) is 5.73 Å². The number of imidazole rings is 1. The summed E-state index contributed by atoms with van der Waals surface area (Å²) < 4.78 is 1.90. The monoisotopic (exact) mass is 240 g/mol. The summed E-state index contributed by atoms with van der Waals surface area (Å²) in [6, 6.07) is 7.96. The summed E-state index contributed by atoms with van der Waals surface area (Å²) >= 11 is 0. The maximum Gasteiger partial charge on any atom is 0.102 e. The first-order valence-electron chi connectivity index (χ1n) is 5.97. The highest BCUT2D eigenvalue weighted by Crippen LogP contribution is 2.22. The van der Waals surface area contributed by atoms with Gasteiger partial charge in [-0.2, -0.15) is 5.26 Å². The molecule has 0 aliphatic heterocycles. The van der Waals surface area contributed by atoms with Crippen molar-refractivity contribution in [2.75, 3.05) is 0 Å². The average molecular weight is 240 g/mol. The number of nitrogens with zero attached hydrogens (tertiary/aromatic N) is 3. The molecule has 2 N–H and O–H groups in total. The number of rotatable bonds is 3. The van der Waals surface area contributed by atoms with E-state index in [1.54, 1.807) is 12.5 Å². The molecule has 0 unspecified atom stereocenters. The fourth-order valence-corrected chi connectivity index (χ4v) is 1.99. The van der Waals surface area contributed by atoms with E-state index in [-0.39, 0.29) is 6.04 Å². The lowest BCUT2D eigenvalue weighted by atomic mass is 10.1. The normalized spacial score (nSPS) is 12.1. The van der Waals surface area contributed by atoms with Gasteiger partial charge in [-0.3, -0.25) is 0 Å². The summed E-state index contributed by atoms with van der Waals surface area (Å²) in [4.78, 5) is 4.15. The Kier molecular flexibility index (Phi) is 3.45. The zero-order chi connectivity index (χ0) is 13.1. The van der Waals surface area contributed by atoms with E-state index in [0.717, 1.165) is 23.4 Å². The van der Waals surface area contributed by atoms with Crippen LogP contribution in [0.25, 0.3) is 5.69 Å². The maximum atomic E-state index is 9.27. The first-order valence-corrected chi connectivity index (χ1v) is 5.97. The molecule has 2 aromatic rings. The van der Waals surface area contributed by atoms with E-state index in [4.69, 9.17) is 5.73 Å². The lowest BCUT2D eigenvalue weighted by Crippen LogP contribution is -2.14. The Hall–Kier alpha value is -2.12. The molecule has 0 spiro atoms. The second-order valence-electron chi connectivity index (χ2n) is 4.28. The first kappa shape index (κ1) is 12.3. The highest BCUT2D eigenvalue weighted by atomic mass is 15.1. The van der Waals surface area contributed by atoms with Crippen LogP contribution in [0.3, 0.4) is 0 Å². The van der Waals surface area contributed by atoms with Crippen LogP contribution in [-0.4, -0.2) is 9.55 Å². The van der Waals surface area contributed by atoms with Gasteiger partial charge < -0.3 is 10.3 Å². The maximum absolute atomic E-state index is 9.27. The first-order chi connectivity index (χ1) is 8.69. The molecule has 0 saturated carbocycles. The average Bonchev–Trinajstić information content (AvgIpc) is 2.86. The number of benzene rings is 1. The van der Waals surface area contributed by atoms with Crippen molar-refractivity contribution in [3.05, 3.63) is 47.5 Å². The molecule has 4 nitrogen and oxygen atoms in total. The van der Waals surface area contributed by atoms with Gasteiger partial charge in [-0.1, -0.05) is 19.1 Å². The third-order valence-corrected chi connectivity index (χ3v) is 3.11. The second kappa shape index (κ2) is 5.03. The predicted octanol–water partition coefficient (Wildman–Crippen LogP) is 2.46. The Bertz CT molecular complexity index is 592. The Morgan fingerprint density at radius 3 is 2.94 bits per heavy atom. The largest absolute Gasteiger partial charge is 0.323 e. The highest BCUT2D eigenvalue weighted by Gasteiger charge is 2.14. The molecule has 2 rings (SSSR count). The summed E-state index contributed by atoms with van der Waals surface area (Å²) in [7, 11) is 0. The van der Waals surface area contributed by atoms with Crippen LogP contribution in [0.1, 0.15) is 36.2 Å². The highest BCUT2D eigenvalue weighted by molar-refractivity contribution is 5.53. The molecular formula is C14H16N4. The van der Waals surface area contributed by atoms with E-state index in [9.17, 15) is 5.26 Å². The molecule has 0 radical (unpaired) electrons. The van der Waals surface area contributed by atoms with E-state index in [1.807, 2.05) is 36.6 Å². The lowest BCUT2D eigenvalue weighted by Gasteiger charge is -2.14. The molecule has 0 aliphatic carbocycles. The van der Waals surface area contributed by atoms with Crippen LogP contribution in [0, 0.1) is 18.3 Å². The van der Waals surface area contributed by atoms with Gasteiger partial charge in [0, 0.05) is 6.04 Å². The van der Waals surface area contributed by atoms with Gasteiger partial charge in [0.05, 0.1) is 29.5 Å². The van der Waals surface area contributed by atoms with Gasteiger partial charge in [0.15, 0.2) is 0 Å². The molecule has 4 heteroatoms. The van der Waals surface area contributed by atoms with E-state index < -0.39 is 0 Å². The quantitative estimate of drug-likeness (QED) is 0.896. The number of aryl methyl sites for hydroxylation is 1. The van der Waals surface area contributed by atoms with E-state index in [0.29, 0.717) is 5.56 Å². The lowest BCUT2D eigenvalue weighted by molar-refractivity contribution is 0.659. The van der Waals surface area contributed by atoms with Gasteiger partial charge in [0.1, 0.15) is 6.07 Å². The number of nitrogens with two attached hydrogens (primary N) is 1. The smallest absolute Gasteiger partial charge is 0.102 e. The summed E-state index contributed by atoms with van der Waals surface area (Å²) in [5.74, 6) is 0. The molecule has 0 aliphatic rings. The van der Waals surface area contributed by atoms with E-state index >= 15 is 0 Å². The molecule has 1 aromatic heterocycles. The van der Waals surface area contributed by atoms with Gasteiger partial charge >= 0.3 is 0 Å². The standard InChI is InChI=1S/C14H16N4/c1-3-12(16)14-8-17-9-18(14)13-6-4-5-10(2)11(13)7-15/h4-6,8-9,12H,3,16H2,1-2H3/t12-/m1/s1. The van der Waals surface area contributed by atoms with Crippen LogP contribution in [0.15, 0.2) is 30.7 Å². The van der Waals surface area contributed by atoms with Crippen molar-refractivity contribution in [1.82, 2.24) is 9.55 Å². The molecule has 92 valence electrons. The molecule has 0 bridgehead atoms. The van der Waals surface area contributed by atoms with Crippen molar-refractivity contribution in [3.63, 3.8) is 0 Å². The second-order valence-corrected chi connectivity index (χ2v) is 4.28. The number of nitriles is 1. The van der Waals surface area contributed by atoms with Crippen molar-refractivity contribution < 1.29 is 0 Å². The van der Waals surface area contributed by atoms with Crippen molar-refractivity contribution in [1.29, 1.82) is 5.26 Å². The minimum Gasteiger partial charge on any atom is -0.323 e. The zero-order valence-electron chi connectivity index (χ0n) is 10.6. The molecule has 18 heavy (non-hydrogen) atoms. The van der Waals surface area contributed by atoms with Crippen molar-refractivity contribution in [2.45, 2.75) is 26.3 Å². The van der Waals surface area contributed by atoms with Crippen molar-refractivity contribution >= 4 is 0 Å². The topological polar surface area (TPSA) is 67.6 Å². The van der Waals surface area contributed by atoms with E-state index in [2.05, 4.69) is 11.1 Å². The Morgan fingerprint density at radius 2 is 2.28 bits per heavy atom. The van der Waals surface area contributed by atoms with Crippen molar-refractivity contribution in [3.8, 4) is 11.8 Å².